The molecule has 1 unspecified atom stereocenters. The third-order valence-electron chi connectivity index (χ3n) is 2.97. The molecule has 0 spiro atoms. The third kappa shape index (κ3) is 1.42. The molecule has 1 heteroatoms. The molecule has 0 nitrogen and oxygen atoms in total. The molecule has 0 radical (unpaired) electrons. The van der Waals surface area contributed by atoms with Crippen LogP contribution in [0.25, 0.3) is 16.8 Å². The molecular weight excluding hydrogens is 248 g/mol. The summed E-state index contributed by atoms with van der Waals surface area (Å²) in [5.41, 5.74) is 2.79. The van der Waals surface area contributed by atoms with Gasteiger partial charge in [0, 0.05) is 4.83 Å². The molecule has 2 aromatic rings. The first-order valence-corrected chi connectivity index (χ1v) is 6.10. The number of hydrogen-bond donors (Lipinski definition) is 0. The fourth-order valence-electron chi connectivity index (χ4n) is 2.20. The largest absolute Gasteiger partial charge is 0.0835 e. The van der Waals surface area contributed by atoms with Crippen LogP contribution >= 0.6 is 15.9 Å². The zero-order chi connectivity index (χ0) is 10.3. The van der Waals surface area contributed by atoms with Crippen molar-refractivity contribution < 1.29 is 0 Å². The van der Waals surface area contributed by atoms with Gasteiger partial charge in [0.2, 0.25) is 0 Å². The van der Waals surface area contributed by atoms with Crippen LogP contribution in [0.5, 0.6) is 0 Å². The second-order valence-electron chi connectivity index (χ2n) is 3.90. The fourth-order valence-corrected chi connectivity index (χ4v) is 2.82. The van der Waals surface area contributed by atoms with Crippen LogP contribution in [-0.4, -0.2) is 0 Å². The van der Waals surface area contributed by atoms with Crippen LogP contribution in [0.3, 0.4) is 0 Å². The minimum absolute atomic E-state index is 0.474. The Morgan fingerprint density at radius 1 is 1.07 bits per heavy atom. The summed E-state index contributed by atoms with van der Waals surface area (Å²) >= 11 is 3.72. The van der Waals surface area contributed by atoms with Crippen molar-refractivity contribution in [1.82, 2.24) is 0 Å². The second kappa shape index (κ2) is 3.49. The SMILES string of the molecule is BrC1CC=Cc2c1ccc1ccccc21. The summed E-state index contributed by atoms with van der Waals surface area (Å²) in [6.45, 7) is 0. The van der Waals surface area contributed by atoms with E-state index in [1.54, 1.807) is 0 Å². The standard InChI is InChI=1S/C14H11Br/c15-14-7-3-6-12-11-5-2-1-4-10(11)8-9-13(12)14/h1-6,8-9,14H,7H2. The zero-order valence-electron chi connectivity index (χ0n) is 8.28. The molecule has 0 saturated heterocycles. The van der Waals surface area contributed by atoms with E-state index in [9.17, 15) is 0 Å². The van der Waals surface area contributed by atoms with Gasteiger partial charge in [-0.2, -0.15) is 0 Å². The normalized spacial score (nSPS) is 19.1. The summed E-state index contributed by atoms with van der Waals surface area (Å²) in [7, 11) is 0. The Labute approximate surface area is 97.7 Å². The summed E-state index contributed by atoms with van der Waals surface area (Å²) in [4.78, 5) is 0.474. The van der Waals surface area contributed by atoms with Crippen molar-refractivity contribution in [2.45, 2.75) is 11.2 Å². The van der Waals surface area contributed by atoms with Gasteiger partial charge >= 0.3 is 0 Å². The number of benzene rings is 2. The van der Waals surface area contributed by atoms with Gasteiger partial charge in [-0.15, -0.1) is 0 Å². The molecular formula is C14H11Br. The van der Waals surface area contributed by atoms with Crippen LogP contribution in [0.4, 0.5) is 0 Å². The molecule has 1 atom stereocenters. The number of fused-ring (bicyclic) bond motifs is 3. The van der Waals surface area contributed by atoms with E-state index in [1.807, 2.05) is 0 Å². The Kier molecular flexibility index (Phi) is 2.14. The lowest BCUT2D eigenvalue weighted by Crippen LogP contribution is -1.97. The molecule has 0 aliphatic heterocycles. The summed E-state index contributed by atoms with van der Waals surface area (Å²) in [5, 5.41) is 2.68. The van der Waals surface area contributed by atoms with Crippen LogP contribution < -0.4 is 0 Å². The van der Waals surface area contributed by atoms with Crippen molar-refractivity contribution in [1.29, 1.82) is 0 Å². The van der Waals surface area contributed by atoms with Gasteiger partial charge in [-0.25, -0.2) is 0 Å². The summed E-state index contributed by atoms with van der Waals surface area (Å²) in [5.74, 6) is 0. The van der Waals surface area contributed by atoms with E-state index in [-0.39, 0.29) is 0 Å². The van der Waals surface area contributed by atoms with Crippen LogP contribution in [0.15, 0.2) is 42.5 Å². The van der Waals surface area contributed by atoms with Crippen molar-refractivity contribution in [3.05, 3.63) is 53.6 Å². The van der Waals surface area contributed by atoms with E-state index in [0.29, 0.717) is 4.83 Å². The number of hydrogen-bond acceptors (Lipinski definition) is 0. The lowest BCUT2D eigenvalue weighted by Gasteiger charge is -2.18. The first kappa shape index (κ1) is 9.17. The first-order chi connectivity index (χ1) is 7.36. The maximum atomic E-state index is 3.72. The fraction of sp³-hybridized carbons (Fsp3) is 0.143. The molecule has 0 N–H and O–H groups in total. The van der Waals surface area contributed by atoms with Gasteiger partial charge in [-0.05, 0) is 28.3 Å². The number of allylic oxidation sites excluding steroid dienone is 1. The molecule has 74 valence electrons. The highest BCUT2D eigenvalue weighted by Gasteiger charge is 2.15. The maximum absolute atomic E-state index is 3.72. The lowest BCUT2D eigenvalue weighted by molar-refractivity contribution is 0.977. The highest BCUT2D eigenvalue weighted by molar-refractivity contribution is 9.09. The lowest BCUT2D eigenvalue weighted by atomic mass is 9.92. The highest BCUT2D eigenvalue weighted by atomic mass is 79.9. The van der Waals surface area contributed by atoms with Gasteiger partial charge < -0.3 is 0 Å². The minimum Gasteiger partial charge on any atom is -0.0835 e. The summed E-state index contributed by atoms with van der Waals surface area (Å²) in [6.07, 6.45) is 5.58. The van der Waals surface area contributed by atoms with E-state index in [2.05, 4.69) is 64.5 Å². The Balaban J connectivity index is 2.39. The van der Waals surface area contributed by atoms with E-state index >= 15 is 0 Å². The minimum atomic E-state index is 0.474. The predicted octanol–water partition coefficient (Wildman–Crippen LogP) is 4.69. The van der Waals surface area contributed by atoms with E-state index in [1.165, 1.54) is 21.9 Å². The van der Waals surface area contributed by atoms with Crippen molar-refractivity contribution in [3.63, 3.8) is 0 Å². The van der Waals surface area contributed by atoms with Crippen LogP contribution in [-0.2, 0) is 0 Å². The van der Waals surface area contributed by atoms with Gasteiger partial charge in [0.1, 0.15) is 0 Å². The molecule has 0 bridgehead atoms. The molecule has 0 aromatic heterocycles. The molecule has 0 heterocycles. The Morgan fingerprint density at radius 2 is 1.93 bits per heavy atom. The Morgan fingerprint density at radius 3 is 2.87 bits per heavy atom. The number of halogens is 1. The van der Waals surface area contributed by atoms with Crippen molar-refractivity contribution in [2.75, 3.05) is 0 Å². The molecule has 0 amide bonds. The number of alkyl halides is 1. The van der Waals surface area contributed by atoms with Gasteiger partial charge in [0.15, 0.2) is 0 Å². The average molecular weight is 259 g/mol. The van der Waals surface area contributed by atoms with Gasteiger partial charge in [-0.1, -0.05) is 64.5 Å². The predicted molar refractivity (Wildman–Crippen MR) is 69.3 cm³/mol. The van der Waals surface area contributed by atoms with Crippen molar-refractivity contribution in [2.24, 2.45) is 0 Å². The van der Waals surface area contributed by atoms with Crippen molar-refractivity contribution in [3.8, 4) is 0 Å². The number of rotatable bonds is 0. The van der Waals surface area contributed by atoms with E-state index in [4.69, 9.17) is 0 Å². The smallest absolute Gasteiger partial charge is 0.0435 e. The molecule has 1 aliphatic carbocycles. The zero-order valence-corrected chi connectivity index (χ0v) is 9.87. The highest BCUT2D eigenvalue weighted by Crippen LogP contribution is 2.37. The van der Waals surface area contributed by atoms with Crippen LogP contribution in [0.2, 0.25) is 0 Å². The Hall–Kier alpha value is -1.08. The topological polar surface area (TPSA) is 0 Å². The molecule has 0 saturated carbocycles. The van der Waals surface area contributed by atoms with Gasteiger partial charge in [0.25, 0.3) is 0 Å². The second-order valence-corrected chi connectivity index (χ2v) is 5.00. The molecule has 1 aliphatic rings. The van der Waals surface area contributed by atoms with Crippen LogP contribution in [0, 0.1) is 0 Å². The molecule has 0 fully saturated rings. The van der Waals surface area contributed by atoms with Gasteiger partial charge in [-0.3, -0.25) is 0 Å². The molecule has 2 aromatic carbocycles. The quantitative estimate of drug-likeness (QED) is 0.602. The van der Waals surface area contributed by atoms with E-state index < -0.39 is 0 Å². The molecule has 3 rings (SSSR count). The maximum Gasteiger partial charge on any atom is 0.0435 e. The first-order valence-electron chi connectivity index (χ1n) is 5.18. The Bertz CT molecular complexity index is 540. The summed E-state index contributed by atoms with van der Waals surface area (Å²) in [6, 6.07) is 13.0. The van der Waals surface area contributed by atoms with Gasteiger partial charge in [0.05, 0.1) is 0 Å². The monoisotopic (exact) mass is 258 g/mol. The van der Waals surface area contributed by atoms with Crippen molar-refractivity contribution >= 4 is 32.8 Å². The summed E-state index contributed by atoms with van der Waals surface area (Å²) < 4.78 is 0. The van der Waals surface area contributed by atoms with Crippen LogP contribution in [0.1, 0.15) is 22.4 Å². The third-order valence-corrected chi connectivity index (χ3v) is 3.84. The van der Waals surface area contributed by atoms with E-state index in [0.717, 1.165) is 6.42 Å². The average Bonchev–Trinajstić information content (AvgIpc) is 2.29. The molecule has 15 heavy (non-hydrogen) atoms.